The van der Waals surface area contributed by atoms with Crippen LogP contribution < -0.4 is 4.90 Å². The first kappa shape index (κ1) is 16.0. The molecule has 5 nitrogen and oxygen atoms in total. The van der Waals surface area contributed by atoms with Crippen LogP contribution >= 0.6 is 11.8 Å². The summed E-state index contributed by atoms with van der Waals surface area (Å²) in [5, 5.41) is 0. The summed E-state index contributed by atoms with van der Waals surface area (Å²) in [4.78, 5) is 31.0. The van der Waals surface area contributed by atoms with Crippen LogP contribution in [0.3, 0.4) is 0 Å². The molecule has 0 bridgehead atoms. The summed E-state index contributed by atoms with van der Waals surface area (Å²) in [5.41, 5.74) is 2.31. The first-order valence-electron chi connectivity index (χ1n) is 8.69. The first-order chi connectivity index (χ1) is 11.7. The van der Waals surface area contributed by atoms with Gasteiger partial charge < -0.3 is 9.80 Å². The van der Waals surface area contributed by atoms with Crippen molar-refractivity contribution < 1.29 is 9.59 Å². The highest BCUT2D eigenvalue weighted by Gasteiger charge is 2.37. The van der Waals surface area contributed by atoms with Crippen molar-refractivity contribution in [2.24, 2.45) is 5.92 Å². The quantitative estimate of drug-likeness (QED) is 0.822. The van der Waals surface area contributed by atoms with Crippen LogP contribution in [0.25, 0.3) is 0 Å². The average molecular weight is 345 g/mol. The van der Waals surface area contributed by atoms with E-state index in [-0.39, 0.29) is 17.7 Å². The zero-order valence-corrected chi connectivity index (χ0v) is 14.6. The second-order valence-corrected chi connectivity index (χ2v) is 7.98. The number of thioether (sulfide) groups is 1. The lowest BCUT2D eigenvalue weighted by Gasteiger charge is -2.41. The Kier molecular flexibility index (Phi) is 4.50. The number of hydrogen-bond acceptors (Lipinski definition) is 4. The van der Waals surface area contributed by atoms with Gasteiger partial charge in [-0.25, -0.2) is 0 Å². The van der Waals surface area contributed by atoms with Gasteiger partial charge in [0.05, 0.1) is 12.5 Å². The Labute approximate surface area is 147 Å². The molecule has 0 spiro atoms. The Hall–Kier alpha value is -1.53. The highest BCUT2D eigenvalue weighted by molar-refractivity contribution is 7.99. The van der Waals surface area contributed by atoms with Crippen LogP contribution in [-0.2, 0) is 16.0 Å². The summed E-state index contributed by atoms with van der Waals surface area (Å²) < 4.78 is 0. The third kappa shape index (κ3) is 3.05. The number of para-hydroxylation sites is 1. The van der Waals surface area contributed by atoms with Crippen LogP contribution in [0.1, 0.15) is 5.56 Å². The predicted molar refractivity (Wildman–Crippen MR) is 96.3 cm³/mol. The maximum absolute atomic E-state index is 12.6. The van der Waals surface area contributed by atoms with Gasteiger partial charge in [-0.1, -0.05) is 18.2 Å². The fourth-order valence-corrected chi connectivity index (χ4v) is 4.67. The maximum Gasteiger partial charge on any atom is 0.241 e. The second kappa shape index (κ2) is 6.76. The van der Waals surface area contributed by atoms with Gasteiger partial charge in [-0.3, -0.25) is 14.5 Å². The minimum absolute atomic E-state index is 0.0896. The molecule has 0 N–H and O–H groups in total. The number of nitrogens with zero attached hydrogens (tertiary/aromatic N) is 3. The molecule has 0 unspecified atom stereocenters. The van der Waals surface area contributed by atoms with Gasteiger partial charge >= 0.3 is 0 Å². The smallest absolute Gasteiger partial charge is 0.241 e. The Morgan fingerprint density at radius 2 is 1.83 bits per heavy atom. The molecule has 1 aromatic carbocycles. The van der Waals surface area contributed by atoms with Crippen molar-refractivity contribution in [1.29, 1.82) is 0 Å². The van der Waals surface area contributed by atoms with Gasteiger partial charge in [-0.15, -0.1) is 0 Å². The van der Waals surface area contributed by atoms with Gasteiger partial charge in [0.25, 0.3) is 0 Å². The number of hydrogen-bond donors (Lipinski definition) is 0. The van der Waals surface area contributed by atoms with E-state index in [1.54, 1.807) is 0 Å². The molecule has 24 heavy (non-hydrogen) atoms. The molecule has 0 aliphatic carbocycles. The number of anilines is 1. The van der Waals surface area contributed by atoms with Crippen LogP contribution in [-0.4, -0.2) is 72.4 Å². The normalized spacial score (nSPS) is 21.5. The van der Waals surface area contributed by atoms with Crippen molar-refractivity contribution >= 4 is 29.3 Å². The van der Waals surface area contributed by atoms with Crippen LogP contribution in [0.15, 0.2) is 24.3 Å². The molecule has 128 valence electrons. The molecule has 0 aromatic heterocycles. The molecular formula is C18H23N3O2S. The Morgan fingerprint density at radius 3 is 2.62 bits per heavy atom. The molecule has 2 amide bonds. The van der Waals surface area contributed by atoms with E-state index in [1.807, 2.05) is 39.8 Å². The molecule has 2 saturated heterocycles. The van der Waals surface area contributed by atoms with E-state index in [2.05, 4.69) is 11.0 Å². The molecule has 3 aliphatic rings. The van der Waals surface area contributed by atoms with Crippen molar-refractivity contribution in [3.05, 3.63) is 29.8 Å². The van der Waals surface area contributed by atoms with E-state index in [1.165, 1.54) is 5.56 Å². The molecule has 6 heteroatoms. The van der Waals surface area contributed by atoms with Crippen LogP contribution in [0, 0.1) is 5.92 Å². The number of benzene rings is 1. The van der Waals surface area contributed by atoms with Crippen LogP contribution in [0.2, 0.25) is 0 Å². The summed E-state index contributed by atoms with van der Waals surface area (Å²) in [6.07, 6.45) is 0.940. The molecule has 3 aliphatic heterocycles. The fraction of sp³-hybridized carbons (Fsp3) is 0.556. The zero-order valence-electron chi connectivity index (χ0n) is 13.8. The SMILES string of the molecule is O=C(C1CN(CC(=O)N2CCc3ccccc32)C1)N1CCSCC1. The van der Waals surface area contributed by atoms with E-state index in [9.17, 15) is 9.59 Å². The summed E-state index contributed by atoms with van der Waals surface area (Å²) in [6, 6.07) is 8.13. The third-order valence-corrected chi connectivity index (χ3v) is 6.12. The molecule has 2 fully saturated rings. The van der Waals surface area contributed by atoms with Crippen molar-refractivity contribution in [3.63, 3.8) is 0 Å². The second-order valence-electron chi connectivity index (χ2n) is 6.75. The summed E-state index contributed by atoms with van der Waals surface area (Å²) in [5.74, 6) is 2.63. The summed E-state index contributed by atoms with van der Waals surface area (Å²) in [7, 11) is 0. The van der Waals surface area contributed by atoms with Crippen molar-refractivity contribution in [2.45, 2.75) is 6.42 Å². The Morgan fingerprint density at radius 1 is 1.08 bits per heavy atom. The predicted octanol–water partition coefficient (Wildman–Crippen LogP) is 1.08. The Balaban J connectivity index is 1.28. The lowest BCUT2D eigenvalue weighted by Crippen LogP contribution is -2.57. The highest BCUT2D eigenvalue weighted by atomic mass is 32.2. The molecule has 4 rings (SSSR count). The fourth-order valence-electron chi connectivity index (χ4n) is 3.77. The summed E-state index contributed by atoms with van der Waals surface area (Å²) in [6.45, 7) is 4.41. The van der Waals surface area contributed by atoms with Gasteiger partial charge in [0.15, 0.2) is 0 Å². The number of rotatable bonds is 3. The number of fused-ring (bicyclic) bond motifs is 1. The molecule has 0 saturated carbocycles. The number of carbonyl (C=O) groups excluding carboxylic acids is 2. The van der Waals surface area contributed by atoms with E-state index in [0.29, 0.717) is 6.54 Å². The van der Waals surface area contributed by atoms with Gasteiger partial charge in [0.2, 0.25) is 11.8 Å². The number of amides is 2. The topological polar surface area (TPSA) is 43.9 Å². The molecule has 0 atom stereocenters. The van der Waals surface area contributed by atoms with Crippen LogP contribution in [0.4, 0.5) is 5.69 Å². The molecular weight excluding hydrogens is 322 g/mol. The van der Waals surface area contributed by atoms with Gasteiger partial charge in [-0.05, 0) is 18.1 Å². The zero-order chi connectivity index (χ0) is 16.5. The van der Waals surface area contributed by atoms with Gasteiger partial charge in [0.1, 0.15) is 0 Å². The minimum Gasteiger partial charge on any atom is -0.341 e. The maximum atomic E-state index is 12.6. The molecule has 1 aromatic rings. The van der Waals surface area contributed by atoms with Gasteiger partial charge in [0, 0.05) is 49.9 Å². The van der Waals surface area contributed by atoms with Crippen molar-refractivity contribution in [1.82, 2.24) is 9.80 Å². The van der Waals surface area contributed by atoms with Crippen molar-refractivity contribution in [3.8, 4) is 0 Å². The standard InChI is InChI=1S/C18H23N3O2S/c22-17(21-6-5-14-3-1-2-4-16(14)21)13-19-11-15(12-19)18(23)20-7-9-24-10-8-20/h1-4,15H,5-13H2. The van der Waals surface area contributed by atoms with Gasteiger partial charge in [-0.2, -0.15) is 11.8 Å². The summed E-state index contributed by atoms with van der Waals surface area (Å²) >= 11 is 1.92. The largest absolute Gasteiger partial charge is 0.341 e. The van der Waals surface area contributed by atoms with Crippen LogP contribution in [0.5, 0.6) is 0 Å². The lowest BCUT2D eigenvalue weighted by atomic mass is 9.98. The van der Waals surface area contributed by atoms with E-state index in [0.717, 1.165) is 56.3 Å². The average Bonchev–Trinajstić information content (AvgIpc) is 3.02. The van der Waals surface area contributed by atoms with E-state index in [4.69, 9.17) is 0 Å². The lowest BCUT2D eigenvalue weighted by molar-refractivity contribution is -0.142. The number of likely N-dealkylation sites (tertiary alicyclic amines) is 1. The Bertz CT molecular complexity index is 639. The number of carbonyl (C=O) groups is 2. The first-order valence-corrected chi connectivity index (χ1v) is 9.85. The highest BCUT2D eigenvalue weighted by Crippen LogP contribution is 2.28. The van der Waals surface area contributed by atoms with Crippen molar-refractivity contribution in [2.75, 3.05) is 55.7 Å². The molecule has 0 radical (unpaired) electrons. The minimum atomic E-state index is 0.0896. The van der Waals surface area contributed by atoms with E-state index < -0.39 is 0 Å². The monoisotopic (exact) mass is 345 g/mol. The van der Waals surface area contributed by atoms with E-state index >= 15 is 0 Å². The molecule has 3 heterocycles. The third-order valence-electron chi connectivity index (χ3n) is 5.18.